The minimum atomic E-state index is 0.742. The number of hydrogen-bond acceptors (Lipinski definition) is 5. The number of rotatable bonds is 1. The van der Waals surface area contributed by atoms with Crippen LogP contribution >= 0.6 is 11.9 Å². The van der Waals surface area contributed by atoms with Gasteiger partial charge in [0.15, 0.2) is 5.76 Å². The Hall–Kier alpha value is -1.23. The van der Waals surface area contributed by atoms with Gasteiger partial charge in [-0.05, 0) is 11.9 Å². The van der Waals surface area contributed by atoms with Gasteiger partial charge in [0.1, 0.15) is 12.0 Å². The van der Waals surface area contributed by atoms with Crippen LogP contribution in [0.1, 0.15) is 5.69 Å². The Morgan fingerprint density at radius 3 is 3.33 bits per heavy atom. The lowest BCUT2D eigenvalue weighted by Crippen LogP contribution is -2.06. The average Bonchev–Trinajstić information content (AvgIpc) is 2.17. The molecule has 2 heterocycles. The van der Waals surface area contributed by atoms with Crippen LogP contribution in [0.3, 0.4) is 0 Å². The van der Waals surface area contributed by atoms with Gasteiger partial charge in [0.2, 0.25) is 0 Å². The Labute approximate surface area is 74.2 Å². The highest BCUT2D eigenvalue weighted by atomic mass is 32.2. The quantitative estimate of drug-likeness (QED) is 0.656. The molecule has 1 aromatic heterocycles. The van der Waals surface area contributed by atoms with Crippen molar-refractivity contribution in [2.24, 2.45) is 0 Å². The molecule has 1 aliphatic rings. The fraction of sp³-hybridized carbons (Fsp3) is 0.143. The van der Waals surface area contributed by atoms with Crippen molar-refractivity contribution in [1.29, 1.82) is 0 Å². The second-order valence-corrected chi connectivity index (χ2v) is 3.05. The summed E-state index contributed by atoms with van der Waals surface area (Å²) in [6, 6.07) is 0. The van der Waals surface area contributed by atoms with Crippen molar-refractivity contribution in [1.82, 2.24) is 14.7 Å². The van der Waals surface area contributed by atoms with E-state index in [0.717, 1.165) is 16.3 Å². The number of hydrogen-bond donors (Lipinski definition) is 1. The molecule has 12 heavy (non-hydrogen) atoms. The van der Waals surface area contributed by atoms with Gasteiger partial charge in [-0.2, -0.15) is 0 Å². The van der Waals surface area contributed by atoms with Gasteiger partial charge in [0.25, 0.3) is 0 Å². The van der Waals surface area contributed by atoms with E-state index in [0.29, 0.717) is 0 Å². The Balaban J connectivity index is 2.48. The number of aromatic nitrogens is 2. The number of nitrogens with one attached hydrogen (secondary N) is 1. The Morgan fingerprint density at radius 2 is 2.50 bits per heavy atom. The number of methoxy groups -OCH3 is 1. The summed E-state index contributed by atoms with van der Waals surface area (Å²) in [5.74, 6) is 0.742. The molecule has 0 bridgehead atoms. The van der Waals surface area contributed by atoms with Gasteiger partial charge >= 0.3 is 0 Å². The fourth-order valence-electron chi connectivity index (χ4n) is 0.947. The summed E-state index contributed by atoms with van der Waals surface area (Å²) in [6.45, 7) is 0. The monoisotopic (exact) mass is 181 g/mol. The van der Waals surface area contributed by atoms with E-state index in [1.165, 1.54) is 18.3 Å². The van der Waals surface area contributed by atoms with Crippen LogP contribution in [0.15, 0.2) is 23.6 Å². The number of ether oxygens (including phenoxy) is 1. The molecule has 0 spiro atoms. The summed E-state index contributed by atoms with van der Waals surface area (Å²) >= 11 is 1.48. The average molecular weight is 181 g/mol. The fourth-order valence-corrected chi connectivity index (χ4v) is 1.60. The van der Waals surface area contributed by atoms with Crippen molar-refractivity contribution in [2.45, 2.75) is 4.90 Å². The summed E-state index contributed by atoms with van der Waals surface area (Å²) < 4.78 is 8.10. The van der Waals surface area contributed by atoms with E-state index in [1.54, 1.807) is 19.5 Å². The SMILES string of the molecule is COC1=CNSc2cncnc21. The smallest absolute Gasteiger partial charge is 0.162 e. The first kappa shape index (κ1) is 7.42. The molecule has 1 aliphatic heterocycles. The Kier molecular flexibility index (Phi) is 1.87. The molecule has 0 saturated heterocycles. The summed E-state index contributed by atoms with van der Waals surface area (Å²) in [4.78, 5) is 9.00. The highest BCUT2D eigenvalue weighted by Gasteiger charge is 2.14. The molecule has 0 aromatic carbocycles. The van der Waals surface area contributed by atoms with Gasteiger partial charge in [-0.25, -0.2) is 9.97 Å². The zero-order valence-corrected chi connectivity index (χ0v) is 7.26. The minimum Gasteiger partial charge on any atom is -0.493 e. The molecule has 62 valence electrons. The highest BCUT2D eigenvalue weighted by molar-refractivity contribution is 7.97. The van der Waals surface area contributed by atoms with Gasteiger partial charge in [-0.1, -0.05) is 0 Å². The first-order valence-electron chi connectivity index (χ1n) is 3.38. The van der Waals surface area contributed by atoms with Crippen molar-refractivity contribution in [3.63, 3.8) is 0 Å². The normalized spacial score (nSPS) is 14.2. The van der Waals surface area contributed by atoms with Crippen molar-refractivity contribution in [2.75, 3.05) is 7.11 Å². The molecule has 0 fully saturated rings. The van der Waals surface area contributed by atoms with E-state index in [9.17, 15) is 0 Å². The lowest BCUT2D eigenvalue weighted by molar-refractivity contribution is 0.365. The van der Waals surface area contributed by atoms with Gasteiger partial charge in [0.05, 0.1) is 18.2 Å². The van der Waals surface area contributed by atoms with Crippen LogP contribution in [0, 0.1) is 0 Å². The molecule has 0 aliphatic carbocycles. The molecule has 0 atom stereocenters. The predicted octanol–water partition coefficient (Wildman–Crippen LogP) is 1.03. The predicted molar refractivity (Wildman–Crippen MR) is 46.0 cm³/mol. The molecule has 0 unspecified atom stereocenters. The summed E-state index contributed by atoms with van der Waals surface area (Å²) in [6.07, 6.45) is 5.05. The van der Waals surface area contributed by atoms with Crippen LogP contribution < -0.4 is 4.72 Å². The highest BCUT2D eigenvalue weighted by Crippen LogP contribution is 2.27. The van der Waals surface area contributed by atoms with Crippen LogP contribution in [0.4, 0.5) is 0 Å². The lowest BCUT2D eigenvalue weighted by atomic mass is 10.3. The van der Waals surface area contributed by atoms with E-state index in [1.807, 2.05) is 0 Å². The number of nitrogens with zero attached hydrogens (tertiary/aromatic N) is 2. The standard InChI is InChI=1S/C7H7N3OS/c1-11-5-2-10-12-6-3-8-4-9-7(5)6/h2-4,10H,1H3. The van der Waals surface area contributed by atoms with Crippen molar-refractivity contribution >= 4 is 17.7 Å². The third kappa shape index (κ3) is 1.12. The van der Waals surface area contributed by atoms with E-state index >= 15 is 0 Å². The van der Waals surface area contributed by atoms with E-state index < -0.39 is 0 Å². The second kappa shape index (κ2) is 3.02. The van der Waals surface area contributed by atoms with Gasteiger partial charge < -0.3 is 9.46 Å². The Bertz CT molecular complexity index is 326. The topological polar surface area (TPSA) is 47.0 Å². The van der Waals surface area contributed by atoms with E-state index in [4.69, 9.17) is 4.74 Å². The van der Waals surface area contributed by atoms with Crippen molar-refractivity contribution in [3.05, 3.63) is 24.4 Å². The van der Waals surface area contributed by atoms with Crippen LogP contribution in [-0.2, 0) is 4.74 Å². The second-order valence-electron chi connectivity index (χ2n) is 2.17. The summed E-state index contributed by atoms with van der Waals surface area (Å²) in [5.41, 5.74) is 0.844. The van der Waals surface area contributed by atoms with Gasteiger partial charge in [-0.3, -0.25) is 0 Å². The molecular formula is C7H7N3OS. The van der Waals surface area contributed by atoms with Crippen LogP contribution in [0.5, 0.6) is 0 Å². The molecule has 2 rings (SSSR count). The summed E-state index contributed by atoms with van der Waals surface area (Å²) in [7, 11) is 1.62. The van der Waals surface area contributed by atoms with Crippen molar-refractivity contribution < 1.29 is 4.74 Å². The molecule has 0 amide bonds. The molecule has 5 heteroatoms. The van der Waals surface area contributed by atoms with E-state index in [2.05, 4.69) is 14.7 Å². The lowest BCUT2D eigenvalue weighted by Gasteiger charge is -2.14. The van der Waals surface area contributed by atoms with Crippen LogP contribution in [0.2, 0.25) is 0 Å². The zero-order valence-electron chi connectivity index (χ0n) is 6.44. The van der Waals surface area contributed by atoms with Crippen molar-refractivity contribution in [3.8, 4) is 0 Å². The van der Waals surface area contributed by atoms with Gasteiger partial charge in [0, 0.05) is 6.20 Å². The van der Waals surface area contributed by atoms with Crippen LogP contribution in [-0.4, -0.2) is 17.1 Å². The number of fused-ring (bicyclic) bond motifs is 1. The molecule has 4 nitrogen and oxygen atoms in total. The first-order valence-corrected chi connectivity index (χ1v) is 4.20. The molecule has 0 saturated carbocycles. The maximum Gasteiger partial charge on any atom is 0.162 e. The molecule has 1 N–H and O–H groups in total. The minimum absolute atomic E-state index is 0.742. The maximum absolute atomic E-state index is 5.11. The van der Waals surface area contributed by atoms with E-state index in [-0.39, 0.29) is 0 Å². The molecular weight excluding hydrogens is 174 g/mol. The molecule has 0 radical (unpaired) electrons. The third-order valence-electron chi connectivity index (χ3n) is 1.49. The Morgan fingerprint density at radius 1 is 1.58 bits per heavy atom. The zero-order chi connectivity index (χ0) is 8.39. The van der Waals surface area contributed by atoms with Crippen LogP contribution in [0.25, 0.3) is 5.76 Å². The van der Waals surface area contributed by atoms with Gasteiger partial charge in [-0.15, -0.1) is 0 Å². The maximum atomic E-state index is 5.11. The molecule has 1 aromatic rings. The third-order valence-corrected chi connectivity index (χ3v) is 2.25. The first-order chi connectivity index (χ1) is 5.92. The largest absolute Gasteiger partial charge is 0.493 e. The summed E-state index contributed by atoms with van der Waals surface area (Å²) in [5, 5.41) is 0.